The molecule has 6 heteroatoms. The number of benzene rings is 2. The summed E-state index contributed by atoms with van der Waals surface area (Å²) in [5, 5.41) is 3.96. The highest BCUT2D eigenvalue weighted by atomic mass is 35.5. The Morgan fingerprint density at radius 3 is 2.48 bits per heavy atom. The number of nitrogens with one attached hydrogen (secondary N) is 1. The van der Waals surface area contributed by atoms with Crippen LogP contribution in [-0.2, 0) is 6.42 Å². The van der Waals surface area contributed by atoms with Gasteiger partial charge in [-0.1, -0.05) is 29.8 Å². The first-order valence-electron chi connectivity index (χ1n) is 6.31. The molecule has 1 unspecified atom stereocenters. The summed E-state index contributed by atoms with van der Waals surface area (Å²) in [6.07, 6.45) is -3.90. The molecule has 0 amide bonds. The Morgan fingerprint density at radius 2 is 1.81 bits per heavy atom. The van der Waals surface area contributed by atoms with Gasteiger partial charge in [0, 0.05) is 10.7 Å². The first kappa shape index (κ1) is 14.1. The zero-order valence-corrected chi connectivity index (χ0v) is 11.5. The van der Waals surface area contributed by atoms with Crippen LogP contribution < -0.4 is 10.1 Å². The fourth-order valence-electron chi connectivity index (χ4n) is 2.42. The molecule has 1 aliphatic rings. The molecule has 1 atom stereocenters. The molecule has 2 nitrogen and oxygen atoms in total. The molecule has 21 heavy (non-hydrogen) atoms. The number of rotatable bonds is 2. The fourth-order valence-corrected chi connectivity index (χ4v) is 2.59. The monoisotopic (exact) mass is 313 g/mol. The van der Waals surface area contributed by atoms with Gasteiger partial charge in [-0.25, -0.2) is 0 Å². The van der Waals surface area contributed by atoms with Crippen LogP contribution in [0.25, 0.3) is 0 Å². The van der Waals surface area contributed by atoms with Crippen molar-refractivity contribution in [2.24, 2.45) is 0 Å². The normalized spacial score (nSPS) is 17.2. The number of hydrogen-bond donors (Lipinski definition) is 1. The van der Waals surface area contributed by atoms with Gasteiger partial charge in [-0.15, -0.1) is 13.2 Å². The molecule has 0 radical (unpaired) electrons. The number of halogens is 4. The van der Waals surface area contributed by atoms with E-state index < -0.39 is 6.36 Å². The van der Waals surface area contributed by atoms with Gasteiger partial charge in [-0.2, -0.15) is 0 Å². The van der Waals surface area contributed by atoms with E-state index in [1.807, 2.05) is 18.2 Å². The molecule has 1 N–H and O–H groups in total. The summed E-state index contributed by atoms with van der Waals surface area (Å²) in [5.41, 5.74) is 3.00. The maximum absolute atomic E-state index is 12.1. The second-order valence-corrected chi connectivity index (χ2v) is 5.26. The van der Waals surface area contributed by atoms with Crippen molar-refractivity contribution in [3.8, 4) is 5.75 Å². The van der Waals surface area contributed by atoms with Crippen molar-refractivity contribution in [1.29, 1.82) is 0 Å². The maximum atomic E-state index is 12.1. The van der Waals surface area contributed by atoms with Gasteiger partial charge in [0.1, 0.15) is 5.75 Å². The third kappa shape index (κ3) is 3.24. The first-order valence-corrected chi connectivity index (χ1v) is 6.69. The van der Waals surface area contributed by atoms with Crippen molar-refractivity contribution in [1.82, 2.24) is 0 Å². The van der Waals surface area contributed by atoms with Crippen LogP contribution in [0, 0.1) is 0 Å². The minimum atomic E-state index is -4.67. The summed E-state index contributed by atoms with van der Waals surface area (Å²) >= 11 is 5.94. The van der Waals surface area contributed by atoms with E-state index in [-0.39, 0.29) is 11.8 Å². The van der Waals surface area contributed by atoms with Crippen molar-refractivity contribution < 1.29 is 17.9 Å². The first-order chi connectivity index (χ1) is 9.90. The summed E-state index contributed by atoms with van der Waals surface area (Å²) in [7, 11) is 0. The SMILES string of the molecule is FC(F)(F)Oc1ccc(C2Cc3ccc(Cl)cc3N2)cc1. The minimum absolute atomic E-state index is 0.0263. The lowest BCUT2D eigenvalue weighted by Gasteiger charge is -2.13. The Hall–Kier alpha value is -1.88. The van der Waals surface area contributed by atoms with E-state index in [0.29, 0.717) is 5.02 Å². The van der Waals surface area contributed by atoms with E-state index >= 15 is 0 Å². The third-order valence-corrected chi connectivity index (χ3v) is 3.58. The van der Waals surface area contributed by atoms with Crippen LogP contribution in [-0.4, -0.2) is 6.36 Å². The molecular formula is C15H11ClF3NO. The summed E-state index contributed by atoms with van der Waals surface area (Å²) in [6, 6.07) is 11.5. The molecule has 1 heterocycles. The quantitative estimate of drug-likeness (QED) is 0.847. The zero-order valence-electron chi connectivity index (χ0n) is 10.7. The Kier molecular flexibility index (Phi) is 3.45. The van der Waals surface area contributed by atoms with Gasteiger partial charge in [-0.3, -0.25) is 0 Å². The molecule has 0 aliphatic carbocycles. The number of anilines is 1. The number of hydrogen-bond acceptors (Lipinski definition) is 2. The van der Waals surface area contributed by atoms with Gasteiger partial charge < -0.3 is 10.1 Å². The zero-order chi connectivity index (χ0) is 15.0. The number of fused-ring (bicyclic) bond motifs is 1. The second-order valence-electron chi connectivity index (χ2n) is 4.82. The summed E-state index contributed by atoms with van der Waals surface area (Å²) < 4.78 is 40.2. The van der Waals surface area contributed by atoms with E-state index in [0.717, 1.165) is 23.2 Å². The second kappa shape index (κ2) is 5.15. The molecule has 0 spiro atoms. The highest BCUT2D eigenvalue weighted by Gasteiger charge is 2.31. The molecule has 0 bridgehead atoms. The van der Waals surface area contributed by atoms with Gasteiger partial charge in [0.15, 0.2) is 0 Å². The Labute approximate surface area is 124 Å². The largest absolute Gasteiger partial charge is 0.573 e. The molecule has 2 aromatic rings. The molecule has 0 aromatic heterocycles. The van der Waals surface area contributed by atoms with Crippen LogP contribution >= 0.6 is 11.6 Å². The molecule has 1 aliphatic heterocycles. The van der Waals surface area contributed by atoms with E-state index in [4.69, 9.17) is 11.6 Å². The highest BCUT2D eigenvalue weighted by molar-refractivity contribution is 6.30. The summed E-state index contributed by atoms with van der Waals surface area (Å²) in [4.78, 5) is 0. The molecule has 2 aromatic carbocycles. The Morgan fingerprint density at radius 1 is 1.10 bits per heavy atom. The van der Waals surface area contributed by atoms with E-state index in [1.165, 1.54) is 12.1 Å². The lowest BCUT2D eigenvalue weighted by Crippen LogP contribution is -2.17. The van der Waals surface area contributed by atoms with Gasteiger partial charge >= 0.3 is 6.36 Å². The van der Waals surface area contributed by atoms with Gasteiger partial charge in [0.2, 0.25) is 0 Å². The fraction of sp³-hybridized carbons (Fsp3) is 0.200. The van der Waals surface area contributed by atoms with Crippen molar-refractivity contribution in [3.05, 3.63) is 58.6 Å². The van der Waals surface area contributed by atoms with E-state index in [2.05, 4.69) is 10.1 Å². The van der Waals surface area contributed by atoms with Crippen LogP contribution in [0.5, 0.6) is 5.75 Å². The van der Waals surface area contributed by atoms with Crippen LogP contribution in [0.1, 0.15) is 17.2 Å². The third-order valence-electron chi connectivity index (χ3n) is 3.34. The Bertz CT molecular complexity index is 655. The van der Waals surface area contributed by atoms with Crippen molar-refractivity contribution in [3.63, 3.8) is 0 Å². The topological polar surface area (TPSA) is 21.3 Å². The van der Waals surface area contributed by atoms with Crippen molar-refractivity contribution in [2.75, 3.05) is 5.32 Å². The average molecular weight is 314 g/mol. The lowest BCUT2D eigenvalue weighted by atomic mass is 10.0. The standard InChI is InChI=1S/C15H11ClF3NO/c16-11-4-1-10-7-13(20-14(10)8-11)9-2-5-12(6-3-9)21-15(17,18)19/h1-6,8,13,20H,7H2. The minimum Gasteiger partial charge on any atom is -0.406 e. The summed E-state index contributed by atoms with van der Waals surface area (Å²) in [5.74, 6) is -0.218. The van der Waals surface area contributed by atoms with Crippen molar-refractivity contribution in [2.45, 2.75) is 18.8 Å². The van der Waals surface area contributed by atoms with Crippen LogP contribution in [0.15, 0.2) is 42.5 Å². The average Bonchev–Trinajstić information content (AvgIpc) is 2.80. The molecule has 0 saturated carbocycles. The summed E-state index contributed by atoms with van der Waals surface area (Å²) in [6.45, 7) is 0. The predicted octanol–water partition coefficient (Wildman–Crippen LogP) is 4.95. The number of alkyl halides is 3. The predicted molar refractivity (Wildman–Crippen MR) is 74.6 cm³/mol. The molecule has 110 valence electrons. The Balaban J connectivity index is 1.75. The molecule has 0 fully saturated rings. The number of ether oxygens (including phenoxy) is 1. The van der Waals surface area contributed by atoms with Gasteiger partial charge in [0.05, 0.1) is 6.04 Å². The smallest absolute Gasteiger partial charge is 0.406 e. The van der Waals surface area contributed by atoms with Gasteiger partial charge in [-0.05, 0) is 41.8 Å². The van der Waals surface area contributed by atoms with Crippen LogP contribution in [0.3, 0.4) is 0 Å². The van der Waals surface area contributed by atoms with Crippen LogP contribution in [0.4, 0.5) is 18.9 Å². The van der Waals surface area contributed by atoms with Crippen molar-refractivity contribution >= 4 is 17.3 Å². The van der Waals surface area contributed by atoms with E-state index in [1.54, 1.807) is 12.1 Å². The lowest BCUT2D eigenvalue weighted by molar-refractivity contribution is -0.274. The molecule has 3 rings (SSSR count). The highest BCUT2D eigenvalue weighted by Crippen LogP contribution is 2.36. The van der Waals surface area contributed by atoms with Crippen LogP contribution in [0.2, 0.25) is 5.02 Å². The van der Waals surface area contributed by atoms with E-state index in [9.17, 15) is 13.2 Å². The maximum Gasteiger partial charge on any atom is 0.573 e. The molecular weight excluding hydrogens is 303 g/mol. The molecule has 0 saturated heterocycles. The van der Waals surface area contributed by atoms with Gasteiger partial charge in [0.25, 0.3) is 0 Å².